The van der Waals surface area contributed by atoms with Crippen LogP contribution in [0.4, 0.5) is 0 Å². The summed E-state index contributed by atoms with van der Waals surface area (Å²) in [4.78, 5) is 5.49. The van der Waals surface area contributed by atoms with Gasteiger partial charge in [0, 0.05) is 28.9 Å². The molecule has 2 aromatic heterocycles. The molecule has 0 saturated carbocycles. The van der Waals surface area contributed by atoms with Crippen LogP contribution < -0.4 is 9.46 Å². The number of fused-ring (bicyclic) bond motifs is 1. The van der Waals surface area contributed by atoms with E-state index in [2.05, 4.69) is 14.8 Å². The molecule has 0 spiro atoms. The van der Waals surface area contributed by atoms with E-state index in [1.165, 1.54) is 23.5 Å². The quantitative estimate of drug-likeness (QED) is 0.466. The highest BCUT2D eigenvalue weighted by Gasteiger charge is 2.15. The number of ether oxygens (including phenoxy) is 1. The van der Waals surface area contributed by atoms with Gasteiger partial charge in [-0.1, -0.05) is 11.6 Å². The fourth-order valence-electron chi connectivity index (χ4n) is 2.77. The first-order valence-corrected chi connectivity index (χ1v) is 11.4. The molecular formula is C19H17ClN4O3S2. The zero-order valence-corrected chi connectivity index (χ0v) is 17.8. The third-order valence-corrected chi connectivity index (χ3v) is 6.89. The minimum Gasteiger partial charge on any atom is -0.497 e. The van der Waals surface area contributed by atoms with E-state index in [9.17, 15) is 8.42 Å². The predicted octanol–water partition coefficient (Wildman–Crippen LogP) is 3.64. The minimum absolute atomic E-state index is 0.180. The molecule has 0 aliphatic heterocycles. The number of benzene rings is 2. The van der Waals surface area contributed by atoms with Crippen molar-refractivity contribution >= 4 is 37.9 Å². The Labute approximate surface area is 177 Å². The summed E-state index contributed by atoms with van der Waals surface area (Å²) >= 11 is 7.28. The van der Waals surface area contributed by atoms with Gasteiger partial charge in [-0.15, -0.1) is 16.4 Å². The van der Waals surface area contributed by atoms with Crippen LogP contribution in [0.5, 0.6) is 5.75 Å². The van der Waals surface area contributed by atoms with Gasteiger partial charge in [0.05, 0.1) is 17.7 Å². The molecule has 10 heteroatoms. The molecule has 150 valence electrons. The Kier molecular flexibility index (Phi) is 5.55. The topological polar surface area (TPSA) is 85.6 Å². The number of nitrogens with zero attached hydrogens (tertiary/aromatic N) is 3. The second-order valence-electron chi connectivity index (χ2n) is 6.19. The Morgan fingerprint density at radius 1 is 1.14 bits per heavy atom. The van der Waals surface area contributed by atoms with Crippen LogP contribution >= 0.6 is 22.9 Å². The number of nitrogens with one attached hydrogen (secondary N) is 1. The van der Waals surface area contributed by atoms with Gasteiger partial charge in [0.15, 0.2) is 5.82 Å². The van der Waals surface area contributed by atoms with Crippen molar-refractivity contribution in [2.24, 2.45) is 0 Å². The smallest absolute Gasteiger partial charge is 0.240 e. The molecule has 29 heavy (non-hydrogen) atoms. The molecule has 0 fully saturated rings. The van der Waals surface area contributed by atoms with Crippen LogP contribution in [0.1, 0.15) is 5.69 Å². The summed E-state index contributed by atoms with van der Waals surface area (Å²) in [5.74, 6) is 1.38. The highest BCUT2D eigenvalue weighted by Crippen LogP contribution is 2.23. The Hall–Kier alpha value is -2.46. The summed E-state index contributed by atoms with van der Waals surface area (Å²) in [7, 11) is -1.97. The highest BCUT2D eigenvalue weighted by atomic mass is 35.5. The van der Waals surface area contributed by atoms with E-state index < -0.39 is 10.0 Å². The molecule has 2 heterocycles. The fraction of sp³-hybridized carbons (Fsp3) is 0.158. The number of hydrogen-bond acceptors (Lipinski definition) is 6. The average Bonchev–Trinajstić information content (AvgIpc) is 3.30. The largest absolute Gasteiger partial charge is 0.497 e. The molecule has 0 atom stereocenters. The van der Waals surface area contributed by atoms with Gasteiger partial charge in [-0.25, -0.2) is 17.7 Å². The van der Waals surface area contributed by atoms with E-state index in [1.54, 1.807) is 23.8 Å². The lowest BCUT2D eigenvalue weighted by molar-refractivity contribution is 0.415. The maximum absolute atomic E-state index is 12.4. The molecule has 2 aromatic carbocycles. The molecule has 7 nitrogen and oxygen atoms in total. The van der Waals surface area contributed by atoms with Crippen molar-refractivity contribution in [3.8, 4) is 17.1 Å². The van der Waals surface area contributed by atoms with E-state index >= 15 is 0 Å². The Morgan fingerprint density at radius 3 is 2.55 bits per heavy atom. The second kappa shape index (κ2) is 8.11. The van der Waals surface area contributed by atoms with Gasteiger partial charge >= 0.3 is 0 Å². The normalized spacial score (nSPS) is 11.8. The molecule has 0 aliphatic rings. The Bertz CT molecular complexity index is 1230. The molecule has 0 aliphatic carbocycles. The van der Waals surface area contributed by atoms with Crippen molar-refractivity contribution in [2.45, 2.75) is 11.3 Å². The lowest BCUT2D eigenvalue weighted by atomic mass is 10.2. The average molecular weight is 449 g/mol. The van der Waals surface area contributed by atoms with E-state index in [0.717, 1.165) is 22.0 Å². The fourth-order valence-corrected chi connectivity index (χ4v) is 4.78. The number of hydrogen-bond donors (Lipinski definition) is 1. The molecule has 4 aromatic rings. The van der Waals surface area contributed by atoms with Gasteiger partial charge < -0.3 is 4.74 Å². The zero-order chi connectivity index (χ0) is 20.4. The number of sulfonamides is 1. The number of methoxy groups -OCH3 is 1. The molecule has 0 bridgehead atoms. The van der Waals surface area contributed by atoms with Crippen LogP contribution in [0.25, 0.3) is 16.3 Å². The maximum atomic E-state index is 12.4. The summed E-state index contributed by atoms with van der Waals surface area (Å²) in [6, 6.07) is 13.6. The highest BCUT2D eigenvalue weighted by molar-refractivity contribution is 7.89. The van der Waals surface area contributed by atoms with Gasteiger partial charge in [-0.3, -0.25) is 0 Å². The first-order chi connectivity index (χ1) is 14.0. The van der Waals surface area contributed by atoms with Crippen LogP contribution in [0.3, 0.4) is 0 Å². The summed E-state index contributed by atoms with van der Waals surface area (Å²) in [5, 5.41) is 6.99. The maximum Gasteiger partial charge on any atom is 0.240 e. The first kappa shape index (κ1) is 19.8. The van der Waals surface area contributed by atoms with E-state index in [4.69, 9.17) is 16.3 Å². The van der Waals surface area contributed by atoms with Crippen LogP contribution in [0, 0.1) is 0 Å². The third kappa shape index (κ3) is 4.27. The van der Waals surface area contributed by atoms with Crippen LogP contribution in [0.15, 0.2) is 58.8 Å². The molecule has 0 saturated heterocycles. The van der Waals surface area contributed by atoms with E-state index in [1.807, 2.05) is 29.6 Å². The summed E-state index contributed by atoms with van der Waals surface area (Å²) in [6.45, 7) is 0.245. The summed E-state index contributed by atoms with van der Waals surface area (Å²) in [6.07, 6.45) is 0.484. The monoisotopic (exact) mass is 448 g/mol. The van der Waals surface area contributed by atoms with Crippen molar-refractivity contribution in [3.05, 3.63) is 64.6 Å². The SMILES string of the molecule is COc1ccc(-c2nc3scc(CCNS(=O)(=O)c4ccc(Cl)cc4)n3n2)cc1. The summed E-state index contributed by atoms with van der Waals surface area (Å²) < 4.78 is 34.3. The predicted molar refractivity (Wildman–Crippen MR) is 113 cm³/mol. The molecule has 0 radical (unpaired) electrons. The van der Waals surface area contributed by atoms with Crippen molar-refractivity contribution in [2.75, 3.05) is 13.7 Å². The molecule has 4 rings (SSSR count). The lowest BCUT2D eigenvalue weighted by Crippen LogP contribution is -2.26. The number of halogens is 1. The number of aromatic nitrogens is 3. The molecule has 0 amide bonds. The van der Waals surface area contributed by atoms with Crippen molar-refractivity contribution < 1.29 is 13.2 Å². The molecule has 1 N–H and O–H groups in total. The minimum atomic E-state index is -3.59. The molecule has 0 unspecified atom stereocenters. The van der Waals surface area contributed by atoms with Crippen LogP contribution in [-0.2, 0) is 16.4 Å². The van der Waals surface area contributed by atoms with E-state index in [-0.39, 0.29) is 11.4 Å². The zero-order valence-electron chi connectivity index (χ0n) is 15.4. The van der Waals surface area contributed by atoms with Gasteiger partial charge in [-0.05, 0) is 48.5 Å². The standard InChI is InChI=1S/C19H17ClN4O3S2/c1-27-16-6-2-13(3-7-16)18-22-19-24(23-18)15(12-28-19)10-11-21-29(25,26)17-8-4-14(20)5-9-17/h2-9,12,21H,10-11H2,1H3. The number of thiazole rings is 1. The molecular weight excluding hydrogens is 432 g/mol. The second-order valence-corrected chi connectivity index (χ2v) is 9.23. The van der Waals surface area contributed by atoms with Crippen molar-refractivity contribution in [3.63, 3.8) is 0 Å². The van der Waals surface area contributed by atoms with Crippen LogP contribution in [0.2, 0.25) is 5.02 Å². The van der Waals surface area contributed by atoms with Gasteiger partial charge in [0.1, 0.15) is 5.75 Å². The third-order valence-electron chi connectivity index (χ3n) is 4.30. The Morgan fingerprint density at radius 2 is 1.86 bits per heavy atom. The van der Waals surface area contributed by atoms with Gasteiger partial charge in [-0.2, -0.15) is 4.98 Å². The van der Waals surface area contributed by atoms with Gasteiger partial charge in [0.2, 0.25) is 15.0 Å². The van der Waals surface area contributed by atoms with Crippen molar-refractivity contribution in [1.82, 2.24) is 19.3 Å². The Balaban J connectivity index is 1.47. The first-order valence-electron chi connectivity index (χ1n) is 8.69. The summed E-state index contributed by atoms with van der Waals surface area (Å²) in [5.41, 5.74) is 1.77. The lowest BCUT2D eigenvalue weighted by Gasteiger charge is -2.06. The number of rotatable bonds is 7. The van der Waals surface area contributed by atoms with Crippen LogP contribution in [-0.4, -0.2) is 36.7 Å². The van der Waals surface area contributed by atoms with E-state index in [0.29, 0.717) is 17.3 Å². The van der Waals surface area contributed by atoms with Gasteiger partial charge in [0.25, 0.3) is 0 Å². The van der Waals surface area contributed by atoms with Crippen molar-refractivity contribution in [1.29, 1.82) is 0 Å².